The molecule has 2 aliphatic heterocycles. The molecule has 3 amide bonds. The first-order valence-electron chi connectivity index (χ1n) is 11.3. The third-order valence-corrected chi connectivity index (χ3v) is 7.11. The van der Waals surface area contributed by atoms with Crippen LogP contribution in [0.1, 0.15) is 44.4 Å². The molecular formula is C27H29N3O3S. The van der Waals surface area contributed by atoms with Crippen LogP contribution in [0.5, 0.6) is 0 Å². The Morgan fingerprint density at radius 2 is 1.82 bits per heavy atom. The summed E-state index contributed by atoms with van der Waals surface area (Å²) in [5.74, 6) is -0.860. The lowest BCUT2D eigenvalue weighted by atomic mass is 9.87. The summed E-state index contributed by atoms with van der Waals surface area (Å²) in [6.07, 6.45) is 4.02. The van der Waals surface area contributed by atoms with Gasteiger partial charge >= 0.3 is 0 Å². The zero-order chi connectivity index (χ0) is 24.6. The summed E-state index contributed by atoms with van der Waals surface area (Å²) >= 11 is 0.870. The molecule has 2 aromatic carbocycles. The normalized spacial score (nSPS) is 18.3. The quantitative estimate of drug-likeness (QED) is 0.563. The van der Waals surface area contributed by atoms with Crippen molar-refractivity contribution in [2.24, 2.45) is 0 Å². The average molecular weight is 476 g/mol. The highest BCUT2D eigenvalue weighted by molar-refractivity contribution is 8.18. The monoisotopic (exact) mass is 475 g/mol. The SMILES string of the molecule is CCN1c2cc(C)c(/C=C3/SC(=O)N(CC(=O)Nc4ccccc4)C3=O)cc2C(C)=CC1(C)C. The van der Waals surface area contributed by atoms with Crippen LogP contribution in [-0.2, 0) is 9.59 Å². The van der Waals surface area contributed by atoms with Crippen molar-refractivity contribution in [1.82, 2.24) is 4.90 Å². The van der Waals surface area contributed by atoms with Gasteiger partial charge in [0.2, 0.25) is 5.91 Å². The highest BCUT2D eigenvalue weighted by Gasteiger charge is 2.37. The Labute approximate surface area is 204 Å². The highest BCUT2D eigenvalue weighted by Crippen LogP contribution is 2.41. The number of hydrogen-bond donors (Lipinski definition) is 1. The van der Waals surface area contributed by atoms with Gasteiger partial charge in [0, 0.05) is 23.5 Å². The summed E-state index contributed by atoms with van der Waals surface area (Å²) in [5.41, 5.74) is 5.94. The number of likely N-dealkylation sites (N-methyl/N-ethyl adjacent to an activating group) is 1. The van der Waals surface area contributed by atoms with Crippen molar-refractivity contribution < 1.29 is 14.4 Å². The van der Waals surface area contributed by atoms with E-state index in [1.165, 1.54) is 11.3 Å². The molecule has 0 aromatic heterocycles. The molecule has 2 aliphatic rings. The summed E-state index contributed by atoms with van der Waals surface area (Å²) in [6, 6.07) is 13.2. The van der Waals surface area contributed by atoms with Gasteiger partial charge in [0.05, 0.1) is 10.4 Å². The van der Waals surface area contributed by atoms with Crippen LogP contribution in [0.2, 0.25) is 0 Å². The number of hydrogen-bond acceptors (Lipinski definition) is 5. The van der Waals surface area contributed by atoms with Gasteiger partial charge in [0.25, 0.3) is 11.1 Å². The van der Waals surface area contributed by atoms with Crippen LogP contribution in [0.15, 0.2) is 53.4 Å². The van der Waals surface area contributed by atoms with E-state index in [1.807, 2.05) is 13.0 Å². The molecule has 34 heavy (non-hydrogen) atoms. The number of nitrogens with zero attached hydrogens (tertiary/aromatic N) is 2. The van der Waals surface area contributed by atoms with Crippen molar-refractivity contribution in [3.05, 3.63) is 70.1 Å². The van der Waals surface area contributed by atoms with Crippen LogP contribution in [0.25, 0.3) is 11.6 Å². The number of amides is 3. The Bertz CT molecular complexity index is 1230. The van der Waals surface area contributed by atoms with Gasteiger partial charge in [0.15, 0.2) is 0 Å². The van der Waals surface area contributed by atoms with Crippen LogP contribution < -0.4 is 10.2 Å². The third-order valence-electron chi connectivity index (χ3n) is 6.20. The molecule has 0 bridgehead atoms. The summed E-state index contributed by atoms with van der Waals surface area (Å²) in [6.45, 7) is 11.2. The molecule has 7 heteroatoms. The van der Waals surface area contributed by atoms with E-state index in [0.717, 1.165) is 39.9 Å². The van der Waals surface area contributed by atoms with Gasteiger partial charge in [-0.05, 0) is 93.4 Å². The Balaban J connectivity index is 1.58. The zero-order valence-corrected chi connectivity index (χ0v) is 21.0. The third kappa shape index (κ3) is 4.53. The first-order chi connectivity index (χ1) is 16.1. The number of allylic oxidation sites excluding steroid dienone is 1. The molecule has 0 atom stereocenters. The van der Waals surface area contributed by atoms with Crippen molar-refractivity contribution >= 4 is 51.8 Å². The second-order valence-corrected chi connectivity index (χ2v) is 10.1. The molecule has 6 nitrogen and oxygen atoms in total. The van der Waals surface area contributed by atoms with E-state index < -0.39 is 17.1 Å². The number of benzene rings is 2. The number of fused-ring (bicyclic) bond motifs is 1. The van der Waals surface area contributed by atoms with E-state index >= 15 is 0 Å². The second-order valence-electron chi connectivity index (χ2n) is 9.13. The number of para-hydroxylation sites is 1. The Kier molecular flexibility index (Phi) is 6.41. The number of nitrogens with one attached hydrogen (secondary N) is 1. The van der Waals surface area contributed by atoms with Crippen molar-refractivity contribution in [3.8, 4) is 0 Å². The number of thioether (sulfide) groups is 1. The fourth-order valence-electron chi connectivity index (χ4n) is 4.62. The van der Waals surface area contributed by atoms with E-state index in [1.54, 1.807) is 30.3 Å². The molecule has 2 heterocycles. The first-order valence-corrected chi connectivity index (χ1v) is 12.1. The lowest BCUT2D eigenvalue weighted by molar-refractivity contribution is -0.127. The van der Waals surface area contributed by atoms with Gasteiger partial charge in [-0.25, -0.2) is 0 Å². The predicted molar refractivity (Wildman–Crippen MR) is 140 cm³/mol. The Hall–Kier alpha value is -3.32. The fraction of sp³-hybridized carbons (Fsp3) is 0.296. The first kappa shape index (κ1) is 23.8. The predicted octanol–water partition coefficient (Wildman–Crippen LogP) is 5.69. The topological polar surface area (TPSA) is 69.7 Å². The fourth-order valence-corrected chi connectivity index (χ4v) is 5.45. The van der Waals surface area contributed by atoms with Gasteiger partial charge < -0.3 is 10.2 Å². The lowest BCUT2D eigenvalue weighted by Crippen LogP contribution is -2.44. The highest BCUT2D eigenvalue weighted by atomic mass is 32.2. The van der Waals surface area contributed by atoms with Crippen LogP contribution in [0.3, 0.4) is 0 Å². The van der Waals surface area contributed by atoms with Crippen LogP contribution in [0, 0.1) is 6.92 Å². The molecule has 0 unspecified atom stereocenters. The molecule has 0 spiro atoms. The largest absolute Gasteiger partial charge is 0.363 e. The van der Waals surface area contributed by atoms with E-state index in [0.29, 0.717) is 10.6 Å². The van der Waals surface area contributed by atoms with Crippen molar-refractivity contribution in [1.29, 1.82) is 0 Å². The van der Waals surface area contributed by atoms with Gasteiger partial charge in [0.1, 0.15) is 6.54 Å². The average Bonchev–Trinajstić information content (AvgIpc) is 3.02. The number of carbonyl (C=O) groups excluding carboxylic acids is 3. The molecule has 0 saturated carbocycles. The number of imide groups is 1. The standard InChI is InChI=1S/C27H29N3O3S/c1-6-30-22-12-17(2)19(13-21(22)18(3)15-27(30,4)5)14-23-25(32)29(26(33)34-23)16-24(31)28-20-10-8-7-9-11-20/h7-15H,6,16H2,1-5H3,(H,28,31)/b23-14+. The lowest BCUT2D eigenvalue weighted by Gasteiger charge is -2.43. The van der Waals surface area contributed by atoms with Gasteiger partial charge in [-0.2, -0.15) is 0 Å². The number of rotatable bonds is 5. The number of anilines is 2. The van der Waals surface area contributed by atoms with Crippen LogP contribution >= 0.6 is 11.8 Å². The van der Waals surface area contributed by atoms with Crippen LogP contribution in [0.4, 0.5) is 16.2 Å². The molecule has 1 saturated heterocycles. The minimum Gasteiger partial charge on any atom is -0.363 e. The summed E-state index contributed by atoms with van der Waals surface area (Å²) < 4.78 is 0. The van der Waals surface area contributed by atoms with Crippen LogP contribution in [-0.4, -0.2) is 40.6 Å². The molecule has 0 aliphatic carbocycles. The molecule has 4 rings (SSSR count). The van der Waals surface area contributed by atoms with E-state index in [4.69, 9.17) is 0 Å². The number of carbonyl (C=O) groups is 3. The maximum Gasteiger partial charge on any atom is 0.294 e. The maximum absolute atomic E-state index is 13.0. The van der Waals surface area contributed by atoms with Crippen molar-refractivity contribution in [2.45, 2.75) is 40.2 Å². The van der Waals surface area contributed by atoms with E-state index in [2.05, 4.69) is 56.1 Å². The smallest absolute Gasteiger partial charge is 0.294 e. The zero-order valence-electron chi connectivity index (χ0n) is 20.1. The molecule has 1 N–H and O–H groups in total. The van der Waals surface area contributed by atoms with E-state index in [-0.39, 0.29) is 12.1 Å². The van der Waals surface area contributed by atoms with Gasteiger partial charge in [-0.3, -0.25) is 19.3 Å². The van der Waals surface area contributed by atoms with E-state index in [9.17, 15) is 14.4 Å². The molecule has 1 fully saturated rings. The summed E-state index contributed by atoms with van der Waals surface area (Å²) in [5, 5.41) is 2.27. The minimum atomic E-state index is -0.445. The molecule has 0 radical (unpaired) electrons. The van der Waals surface area contributed by atoms with Crippen molar-refractivity contribution in [2.75, 3.05) is 23.3 Å². The van der Waals surface area contributed by atoms with Crippen molar-refractivity contribution in [3.63, 3.8) is 0 Å². The summed E-state index contributed by atoms with van der Waals surface area (Å²) in [4.78, 5) is 41.6. The van der Waals surface area contributed by atoms with Gasteiger partial charge in [-0.1, -0.05) is 24.3 Å². The second kappa shape index (κ2) is 9.14. The maximum atomic E-state index is 13.0. The Morgan fingerprint density at radius 1 is 1.12 bits per heavy atom. The molecule has 176 valence electrons. The summed E-state index contributed by atoms with van der Waals surface area (Å²) in [7, 11) is 0. The van der Waals surface area contributed by atoms with Gasteiger partial charge in [-0.15, -0.1) is 0 Å². The molecular weight excluding hydrogens is 446 g/mol. The molecule has 2 aromatic rings. The Morgan fingerprint density at radius 3 is 2.50 bits per heavy atom. The number of aryl methyl sites for hydroxylation is 1. The minimum absolute atomic E-state index is 0.0806.